The second kappa shape index (κ2) is 3.37. The van der Waals surface area contributed by atoms with Crippen LogP contribution in [0.5, 0.6) is 0 Å². The fraction of sp³-hybridized carbons (Fsp3) is 0.500. The van der Waals surface area contributed by atoms with Gasteiger partial charge < -0.3 is 5.11 Å². The number of aromatic nitrogens is 2. The molecular weight excluding hydrogens is 176 g/mol. The number of rotatable bonds is 2. The first-order valence-corrected chi connectivity index (χ1v) is 4.04. The van der Waals surface area contributed by atoms with E-state index in [-0.39, 0.29) is 0 Å². The van der Waals surface area contributed by atoms with E-state index in [1.807, 2.05) is 0 Å². The van der Waals surface area contributed by atoms with Gasteiger partial charge in [0.25, 0.3) is 0 Å². The van der Waals surface area contributed by atoms with Gasteiger partial charge in [-0.05, 0) is 13.8 Å². The Morgan fingerprint density at radius 3 is 2.33 bits per heavy atom. The van der Waals surface area contributed by atoms with Crippen LogP contribution in [0.2, 0.25) is 5.02 Å². The Morgan fingerprint density at radius 1 is 1.42 bits per heavy atom. The van der Waals surface area contributed by atoms with Gasteiger partial charge in [-0.25, -0.2) is 9.97 Å². The second-order valence-electron chi connectivity index (χ2n) is 3.31. The molecule has 3 nitrogen and oxygen atoms in total. The average molecular weight is 187 g/mol. The number of halogens is 1. The van der Waals surface area contributed by atoms with E-state index < -0.39 is 5.60 Å². The van der Waals surface area contributed by atoms with Crippen LogP contribution in [0.3, 0.4) is 0 Å². The molecule has 0 amide bonds. The Labute approximate surface area is 76.4 Å². The van der Waals surface area contributed by atoms with Gasteiger partial charge in [0.15, 0.2) is 0 Å². The maximum Gasteiger partial charge on any atom is 0.131 e. The van der Waals surface area contributed by atoms with Crippen molar-refractivity contribution in [3.63, 3.8) is 0 Å². The third-order valence-electron chi connectivity index (χ3n) is 1.26. The van der Waals surface area contributed by atoms with Crippen molar-refractivity contribution >= 4 is 11.6 Å². The summed E-state index contributed by atoms with van der Waals surface area (Å²) >= 11 is 5.60. The third-order valence-corrected chi connectivity index (χ3v) is 1.46. The fourth-order valence-corrected chi connectivity index (χ4v) is 0.915. The molecule has 0 spiro atoms. The van der Waals surface area contributed by atoms with Gasteiger partial charge in [-0.2, -0.15) is 0 Å². The normalized spacial score (nSPS) is 11.7. The Morgan fingerprint density at radius 2 is 1.92 bits per heavy atom. The maximum atomic E-state index is 9.43. The van der Waals surface area contributed by atoms with Crippen molar-refractivity contribution < 1.29 is 5.11 Å². The lowest BCUT2D eigenvalue weighted by atomic mass is 10.1. The smallest absolute Gasteiger partial charge is 0.131 e. The van der Waals surface area contributed by atoms with E-state index in [2.05, 4.69) is 9.97 Å². The minimum atomic E-state index is -0.770. The van der Waals surface area contributed by atoms with Gasteiger partial charge >= 0.3 is 0 Å². The highest BCUT2D eigenvalue weighted by molar-refractivity contribution is 6.30. The SMILES string of the molecule is CC(C)(O)Cc1ncc(Cl)cn1. The highest BCUT2D eigenvalue weighted by atomic mass is 35.5. The number of hydrogen-bond donors (Lipinski definition) is 1. The Kier molecular flexibility index (Phi) is 2.65. The van der Waals surface area contributed by atoms with Crippen molar-refractivity contribution in [1.82, 2.24) is 9.97 Å². The van der Waals surface area contributed by atoms with Crippen LogP contribution in [0.1, 0.15) is 19.7 Å². The first-order valence-electron chi connectivity index (χ1n) is 3.66. The van der Waals surface area contributed by atoms with E-state index in [0.717, 1.165) is 0 Å². The lowest BCUT2D eigenvalue weighted by Crippen LogP contribution is -2.23. The van der Waals surface area contributed by atoms with E-state index >= 15 is 0 Å². The molecule has 4 heteroatoms. The lowest BCUT2D eigenvalue weighted by Gasteiger charge is -2.14. The molecular formula is C8H11ClN2O. The van der Waals surface area contributed by atoms with Gasteiger partial charge in [-0.1, -0.05) is 11.6 Å². The molecule has 0 aliphatic rings. The molecule has 1 heterocycles. The molecule has 0 fully saturated rings. The third kappa shape index (κ3) is 3.15. The minimum Gasteiger partial charge on any atom is -0.390 e. The van der Waals surface area contributed by atoms with Crippen LogP contribution in [0, 0.1) is 0 Å². The van der Waals surface area contributed by atoms with Gasteiger partial charge in [-0.15, -0.1) is 0 Å². The number of nitrogens with zero attached hydrogens (tertiary/aromatic N) is 2. The van der Waals surface area contributed by atoms with Gasteiger partial charge in [-0.3, -0.25) is 0 Å². The van der Waals surface area contributed by atoms with Crippen molar-refractivity contribution in [2.45, 2.75) is 25.9 Å². The predicted octanol–water partition coefficient (Wildman–Crippen LogP) is 1.44. The molecule has 0 saturated carbocycles. The molecule has 0 bridgehead atoms. The summed E-state index contributed by atoms with van der Waals surface area (Å²) < 4.78 is 0. The predicted molar refractivity (Wildman–Crippen MR) is 47.0 cm³/mol. The first kappa shape index (κ1) is 9.42. The molecule has 1 aromatic rings. The molecule has 0 aromatic carbocycles. The summed E-state index contributed by atoms with van der Waals surface area (Å²) in [5.74, 6) is 0.604. The fourth-order valence-electron chi connectivity index (χ4n) is 0.817. The van der Waals surface area contributed by atoms with Crippen molar-refractivity contribution in [2.75, 3.05) is 0 Å². The lowest BCUT2D eigenvalue weighted by molar-refractivity contribution is 0.0788. The largest absolute Gasteiger partial charge is 0.390 e. The second-order valence-corrected chi connectivity index (χ2v) is 3.74. The zero-order chi connectivity index (χ0) is 9.19. The molecule has 0 saturated heterocycles. The van der Waals surface area contributed by atoms with Gasteiger partial charge in [0, 0.05) is 18.8 Å². The summed E-state index contributed by atoms with van der Waals surface area (Å²) in [4.78, 5) is 7.92. The molecule has 1 aromatic heterocycles. The molecule has 0 aliphatic heterocycles. The van der Waals surface area contributed by atoms with E-state index in [9.17, 15) is 5.11 Å². The van der Waals surface area contributed by atoms with E-state index in [1.165, 1.54) is 12.4 Å². The molecule has 1 N–H and O–H groups in total. The quantitative estimate of drug-likeness (QED) is 0.761. The molecule has 0 radical (unpaired) electrons. The van der Waals surface area contributed by atoms with E-state index in [0.29, 0.717) is 17.3 Å². The molecule has 12 heavy (non-hydrogen) atoms. The monoisotopic (exact) mass is 186 g/mol. The van der Waals surface area contributed by atoms with E-state index in [4.69, 9.17) is 11.6 Å². The van der Waals surface area contributed by atoms with Crippen LogP contribution >= 0.6 is 11.6 Å². The molecule has 0 aliphatic carbocycles. The topological polar surface area (TPSA) is 46.0 Å². The summed E-state index contributed by atoms with van der Waals surface area (Å²) in [6.45, 7) is 3.43. The van der Waals surface area contributed by atoms with Crippen molar-refractivity contribution in [3.05, 3.63) is 23.2 Å². The Bertz CT molecular complexity index is 253. The van der Waals surface area contributed by atoms with Gasteiger partial charge in [0.2, 0.25) is 0 Å². The van der Waals surface area contributed by atoms with Crippen molar-refractivity contribution in [3.8, 4) is 0 Å². The molecule has 0 atom stereocenters. The van der Waals surface area contributed by atoms with Crippen LogP contribution in [0.4, 0.5) is 0 Å². The van der Waals surface area contributed by atoms with Gasteiger partial charge in [0.05, 0.1) is 10.6 Å². The van der Waals surface area contributed by atoms with Gasteiger partial charge in [0.1, 0.15) is 5.82 Å². The molecule has 0 unspecified atom stereocenters. The summed E-state index contributed by atoms with van der Waals surface area (Å²) in [5.41, 5.74) is -0.770. The standard InChI is InChI=1S/C8H11ClN2O/c1-8(2,12)3-7-10-4-6(9)5-11-7/h4-5,12H,3H2,1-2H3. The molecule has 1 rings (SSSR count). The average Bonchev–Trinajstić information content (AvgIpc) is 1.91. The Balaban J connectivity index is 2.71. The number of aliphatic hydroxyl groups is 1. The first-order chi connectivity index (χ1) is 5.47. The maximum absolute atomic E-state index is 9.43. The van der Waals surface area contributed by atoms with Crippen molar-refractivity contribution in [1.29, 1.82) is 0 Å². The summed E-state index contributed by atoms with van der Waals surface area (Å²) in [5, 5.41) is 9.94. The Hall–Kier alpha value is -0.670. The van der Waals surface area contributed by atoms with E-state index in [1.54, 1.807) is 13.8 Å². The minimum absolute atomic E-state index is 0.435. The highest BCUT2D eigenvalue weighted by Gasteiger charge is 2.14. The van der Waals surface area contributed by atoms with Crippen LogP contribution in [0.15, 0.2) is 12.4 Å². The zero-order valence-electron chi connectivity index (χ0n) is 7.08. The zero-order valence-corrected chi connectivity index (χ0v) is 7.84. The molecule has 66 valence electrons. The highest BCUT2D eigenvalue weighted by Crippen LogP contribution is 2.09. The van der Waals surface area contributed by atoms with Crippen molar-refractivity contribution in [2.24, 2.45) is 0 Å². The summed E-state index contributed by atoms with van der Waals surface area (Å²) in [6, 6.07) is 0. The van der Waals surface area contributed by atoms with Crippen LogP contribution in [0.25, 0.3) is 0 Å². The number of hydrogen-bond acceptors (Lipinski definition) is 3. The van der Waals surface area contributed by atoms with Crippen LogP contribution < -0.4 is 0 Å². The van der Waals surface area contributed by atoms with Crippen LogP contribution in [-0.2, 0) is 6.42 Å². The van der Waals surface area contributed by atoms with Crippen LogP contribution in [-0.4, -0.2) is 20.7 Å². The summed E-state index contributed by atoms with van der Waals surface area (Å²) in [6.07, 6.45) is 3.48. The summed E-state index contributed by atoms with van der Waals surface area (Å²) in [7, 11) is 0.